The van der Waals surface area contributed by atoms with E-state index in [1.807, 2.05) is 6.07 Å². The Labute approximate surface area is 81.0 Å². The molecule has 0 aliphatic rings. The molecule has 1 rings (SSSR count). The fourth-order valence-electron chi connectivity index (χ4n) is 1.26. The lowest BCUT2D eigenvalue weighted by Crippen LogP contribution is -2.11. The van der Waals surface area contributed by atoms with E-state index in [4.69, 9.17) is 11.0 Å². The lowest BCUT2D eigenvalue weighted by Gasteiger charge is -2.12. The first-order chi connectivity index (χ1) is 6.66. The highest BCUT2D eigenvalue weighted by molar-refractivity contribution is 5.31. The predicted molar refractivity (Wildman–Crippen MR) is 48.6 cm³/mol. The maximum atomic E-state index is 12.5. The zero-order chi connectivity index (χ0) is 10.6. The van der Waals surface area contributed by atoms with Crippen LogP contribution in [0.3, 0.4) is 0 Å². The van der Waals surface area contributed by atoms with Gasteiger partial charge in [0, 0.05) is 11.6 Å². The maximum absolute atomic E-state index is 12.5. The highest BCUT2D eigenvalue weighted by Crippen LogP contribution is 2.27. The third kappa shape index (κ3) is 2.27. The summed E-state index contributed by atoms with van der Waals surface area (Å²) in [7, 11) is 0. The summed E-state index contributed by atoms with van der Waals surface area (Å²) in [5.74, 6) is 0. The van der Waals surface area contributed by atoms with Crippen molar-refractivity contribution in [2.75, 3.05) is 0 Å². The first-order valence-corrected chi connectivity index (χ1v) is 4.16. The van der Waals surface area contributed by atoms with Crippen LogP contribution in [0.1, 0.15) is 30.0 Å². The van der Waals surface area contributed by atoms with E-state index < -0.39 is 12.5 Å². The van der Waals surface area contributed by atoms with Gasteiger partial charge < -0.3 is 5.73 Å². The third-order valence-electron chi connectivity index (χ3n) is 1.94. The van der Waals surface area contributed by atoms with Crippen LogP contribution in [-0.4, -0.2) is 0 Å². The van der Waals surface area contributed by atoms with Gasteiger partial charge in [0.2, 0.25) is 0 Å². The Kier molecular flexibility index (Phi) is 3.55. The van der Waals surface area contributed by atoms with E-state index in [0.717, 1.165) is 0 Å². The number of alkyl halides is 2. The van der Waals surface area contributed by atoms with Crippen molar-refractivity contribution in [1.82, 2.24) is 0 Å². The molecule has 74 valence electrons. The number of hydrogen-bond acceptors (Lipinski definition) is 2. The Morgan fingerprint density at radius 3 is 2.36 bits per heavy atom. The molecule has 0 aromatic heterocycles. The summed E-state index contributed by atoms with van der Waals surface area (Å²) in [5.41, 5.74) is 5.85. The molecule has 2 N–H and O–H groups in total. The lowest BCUT2D eigenvalue weighted by molar-refractivity contribution is 0.149. The van der Waals surface area contributed by atoms with Crippen LogP contribution >= 0.6 is 0 Å². The second-order valence-corrected chi connectivity index (χ2v) is 2.90. The van der Waals surface area contributed by atoms with Crippen molar-refractivity contribution in [3.05, 3.63) is 35.4 Å². The molecule has 1 aromatic carbocycles. The Morgan fingerprint density at radius 1 is 1.29 bits per heavy atom. The molecule has 1 atom stereocenters. The van der Waals surface area contributed by atoms with Gasteiger partial charge in [0.15, 0.2) is 0 Å². The van der Waals surface area contributed by atoms with Crippen molar-refractivity contribution in [3.63, 3.8) is 0 Å². The molecule has 0 saturated heterocycles. The van der Waals surface area contributed by atoms with Crippen LogP contribution in [0.25, 0.3) is 0 Å². The van der Waals surface area contributed by atoms with Crippen molar-refractivity contribution in [1.29, 1.82) is 5.26 Å². The van der Waals surface area contributed by atoms with E-state index in [2.05, 4.69) is 0 Å². The van der Waals surface area contributed by atoms with E-state index in [-0.39, 0.29) is 12.0 Å². The Hall–Kier alpha value is -1.47. The zero-order valence-corrected chi connectivity index (χ0v) is 7.45. The Bertz CT molecular complexity index is 344. The third-order valence-corrected chi connectivity index (χ3v) is 1.94. The van der Waals surface area contributed by atoms with Crippen LogP contribution in [0.15, 0.2) is 24.3 Å². The minimum absolute atomic E-state index is 0.0454. The Morgan fingerprint density at radius 2 is 1.86 bits per heavy atom. The zero-order valence-electron chi connectivity index (χ0n) is 7.45. The van der Waals surface area contributed by atoms with E-state index in [0.29, 0.717) is 5.56 Å². The topological polar surface area (TPSA) is 49.8 Å². The highest BCUT2D eigenvalue weighted by atomic mass is 19.3. The first kappa shape index (κ1) is 10.6. The molecule has 0 heterocycles. The van der Waals surface area contributed by atoms with Crippen molar-refractivity contribution in [3.8, 4) is 6.07 Å². The molecule has 2 nitrogen and oxygen atoms in total. The summed E-state index contributed by atoms with van der Waals surface area (Å²) in [6.07, 6.45) is -2.50. The average molecular weight is 196 g/mol. The largest absolute Gasteiger partial charge is 0.323 e. The minimum Gasteiger partial charge on any atom is -0.323 e. The molecule has 0 amide bonds. The number of hydrogen-bond donors (Lipinski definition) is 1. The fourth-order valence-corrected chi connectivity index (χ4v) is 1.26. The summed E-state index contributed by atoms with van der Waals surface area (Å²) in [4.78, 5) is 0. The normalized spacial score (nSPS) is 12.5. The van der Waals surface area contributed by atoms with Crippen molar-refractivity contribution < 1.29 is 8.78 Å². The molecule has 14 heavy (non-hydrogen) atoms. The predicted octanol–water partition coefficient (Wildman–Crippen LogP) is 2.54. The molecule has 0 aliphatic carbocycles. The van der Waals surface area contributed by atoms with Crippen molar-refractivity contribution >= 4 is 0 Å². The molecule has 0 bridgehead atoms. The van der Waals surface area contributed by atoms with Gasteiger partial charge in [-0.3, -0.25) is 0 Å². The first-order valence-electron chi connectivity index (χ1n) is 4.16. The summed E-state index contributed by atoms with van der Waals surface area (Å²) in [5, 5.41) is 8.41. The van der Waals surface area contributed by atoms with Gasteiger partial charge in [0.1, 0.15) is 0 Å². The van der Waals surface area contributed by atoms with Gasteiger partial charge in [-0.15, -0.1) is 0 Å². The van der Waals surface area contributed by atoms with Gasteiger partial charge in [0.05, 0.1) is 12.5 Å². The SMILES string of the molecule is N#CC[C@@H](N)c1ccccc1C(F)F. The quantitative estimate of drug-likeness (QED) is 0.807. The second-order valence-electron chi connectivity index (χ2n) is 2.90. The number of nitrogens with zero attached hydrogens (tertiary/aromatic N) is 1. The molecular weight excluding hydrogens is 186 g/mol. The Balaban J connectivity index is 3.01. The van der Waals surface area contributed by atoms with E-state index in [1.165, 1.54) is 18.2 Å². The summed E-state index contributed by atoms with van der Waals surface area (Å²) >= 11 is 0. The average Bonchev–Trinajstić information content (AvgIpc) is 2.18. The van der Waals surface area contributed by atoms with Gasteiger partial charge in [-0.2, -0.15) is 5.26 Å². The van der Waals surface area contributed by atoms with Crippen LogP contribution in [-0.2, 0) is 0 Å². The van der Waals surface area contributed by atoms with Crippen molar-refractivity contribution in [2.45, 2.75) is 18.9 Å². The number of halogens is 2. The standard InChI is InChI=1S/C10H10F2N2/c11-10(12)8-4-2-1-3-7(8)9(14)5-6-13/h1-4,9-10H,5,14H2/t9-/m1/s1. The summed E-state index contributed by atoms with van der Waals surface area (Å²) < 4.78 is 25.0. The van der Waals surface area contributed by atoms with E-state index in [9.17, 15) is 8.78 Å². The van der Waals surface area contributed by atoms with Crippen LogP contribution in [0.5, 0.6) is 0 Å². The lowest BCUT2D eigenvalue weighted by atomic mass is 9.99. The van der Waals surface area contributed by atoms with Crippen LogP contribution < -0.4 is 5.73 Å². The number of rotatable bonds is 3. The number of nitriles is 1. The van der Waals surface area contributed by atoms with Crippen molar-refractivity contribution in [2.24, 2.45) is 5.73 Å². The second kappa shape index (κ2) is 4.68. The van der Waals surface area contributed by atoms with E-state index in [1.54, 1.807) is 6.07 Å². The maximum Gasteiger partial charge on any atom is 0.264 e. The van der Waals surface area contributed by atoms with Crippen LogP contribution in [0.4, 0.5) is 8.78 Å². The monoisotopic (exact) mass is 196 g/mol. The molecule has 0 unspecified atom stereocenters. The van der Waals surface area contributed by atoms with Gasteiger partial charge in [-0.1, -0.05) is 24.3 Å². The van der Waals surface area contributed by atoms with Crippen LogP contribution in [0.2, 0.25) is 0 Å². The van der Waals surface area contributed by atoms with Gasteiger partial charge in [0.25, 0.3) is 6.43 Å². The summed E-state index contributed by atoms with van der Waals surface area (Å²) in [6, 6.07) is 7.26. The highest BCUT2D eigenvalue weighted by Gasteiger charge is 2.16. The molecular formula is C10H10F2N2. The smallest absolute Gasteiger partial charge is 0.264 e. The van der Waals surface area contributed by atoms with Gasteiger partial charge in [-0.25, -0.2) is 8.78 Å². The fraction of sp³-hybridized carbons (Fsp3) is 0.300. The molecule has 0 fully saturated rings. The van der Waals surface area contributed by atoms with E-state index >= 15 is 0 Å². The summed E-state index contributed by atoms with van der Waals surface area (Å²) in [6.45, 7) is 0. The molecule has 0 radical (unpaired) electrons. The molecule has 4 heteroatoms. The number of benzene rings is 1. The minimum atomic E-state index is -2.55. The molecule has 0 saturated carbocycles. The molecule has 0 aliphatic heterocycles. The molecule has 0 spiro atoms. The molecule has 1 aromatic rings. The van der Waals surface area contributed by atoms with Crippen LogP contribution in [0, 0.1) is 11.3 Å². The van der Waals surface area contributed by atoms with Gasteiger partial charge >= 0.3 is 0 Å². The number of nitrogens with two attached hydrogens (primary N) is 1. The van der Waals surface area contributed by atoms with Gasteiger partial charge in [-0.05, 0) is 5.56 Å².